The van der Waals surface area contributed by atoms with Crippen LogP contribution in [0.15, 0.2) is 0 Å². The summed E-state index contributed by atoms with van der Waals surface area (Å²) in [6.07, 6.45) is 4.73. The first-order valence-electron chi connectivity index (χ1n) is 6.50. The van der Waals surface area contributed by atoms with Crippen LogP contribution in [0.25, 0.3) is 0 Å². The van der Waals surface area contributed by atoms with Gasteiger partial charge >= 0.3 is 0 Å². The summed E-state index contributed by atoms with van der Waals surface area (Å²) >= 11 is 0. The van der Waals surface area contributed by atoms with Gasteiger partial charge in [-0.3, -0.25) is 0 Å². The SMILES string of the molecule is CC(C)(CCN)CCCNC1(C)CCOC1. The molecule has 96 valence electrons. The van der Waals surface area contributed by atoms with E-state index in [0.717, 1.165) is 39.1 Å². The molecule has 0 radical (unpaired) electrons. The third kappa shape index (κ3) is 4.81. The highest BCUT2D eigenvalue weighted by atomic mass is 16.5. The summed E-state index contributed by atoms with van der Waals surface area (Å²) in [4.78, 5) is 0. The van der Waals surface area contributed by atoms with Crippen molar-refractivity contribution in [2.75, 3.05) is 26.3 Å². The lowest BCUT2D eigenvalue weighted by Crippen LogP contribution is -2.43. The third-order valence-electron chi connectivity index (χ3n) is 3.62. The second-order valence-electron chi connectivity index (χ2n) is 6.10. The molecule has 0 aromatic rings. The second kappa shape index (κ2) is 5.99. The van der Waals surface area contributed by atoms with Crippen molar-refractivity contribution < 1.29 is 4.74 Å². The molecule has 1 unspecified atom stereocenters. The molecule has 16 heavy (non-hydrogen) atoms. The van der Waals surface area contributed by atoms with Crippen LogP contribution in [0.5, 0.6) is 0 Å². The summed E-state index contributed by atoms with van der Waals surface area (Å²) in [6, 6.07) is 0. The molecular formula is C13H28N2O. The maximum Gasteiger partial charge on any atom is 0.0646 e. The largest absolute Gasteiger partial charge is 0.379 e. The van der Waals surface area contributed by atoms with Crippen LogP contribution in [0.1, 0.15) is 46.5 Å². The molecule has 1 fully saturated rings. The number of hydrogen-bond acceptors (Lipinski definition) is 3. The molecule has 1 atom stereocenters. The first-order valence-corrected chi connectivity index (χ1v) is 6.50. The van der Waals surface area contributed by atoms with E-state index >= 15 is 0 Å². The number of rotatable bonds is 7. The van der Waals surface area contributed by atoms with Gasteiger partial charge in [-0.2, -0.15) is 0 Å². The fourth-order valence-corrected chi connectivity index (χ4v) is 2.28. The minimum atomic E-state index is 0.220. The van der Waals surface area contributed by atoms with Crippen molar-refractivity contribution in [1.82, 2.24) is 5.32 Å². The molecule has 3 nitrogen and oxygen atoms in total. The van der Waals surface area contributed by atoms with Crippen molar-refractivity contribution in [3.05, 3.63) is 0 Å². The topological polar surface area (TPSA) is 47.3 Å². The van der Waals surface area contributed by atoms with Gasteiger partial charge in [0, 0.05) is 12.1 Å². The van der Waals surface area contributed by atoms with Gasteiger partial charge in [-0.25, -0.2) is 0 Å². The van der Waals surface area contributed by atoms with Gasteiger partial charge in [0.1, 0.15) is 0 Å². The average molecular weight is 228 g/mol. The zero-order chi connectivity index (χ0) is 12.1. The molecule has 0 bridgehead atoms. The maximum atomic E-state index is 5.61. The van der Waals surface area contributed by atoms with Crippen molar-refractivity contribution in [3.8, 4) is 0 Å². The Balaban J connectivity index is 2.11. The van der Waals surface area contributed by atoms with Gasteiger partial charge in [-0.15, -0.1) is 0 Å². The van der Waals surface area contributed by atoms with E-state index in [9.17, 15) is 0 Å². The van der Waals surface area contributed by atoms with E-state index in [4.69, 9.17) is 10.5 Å². The Hall–Kier alpha value is -0.120. The number of hydrogen-bond donors (Lipinski definition) is 2. The van der Waals surface area contributed by atoms with E-state index in [2.05, 4.69) is 26.1 Å². The lowest BCUT2D eigenvalue weighted by atomic mass is 9.84. The fraction of sp³-hybridized carbons (Fsp3) is 1.00. The van der Waals surface area contributed by atoms with Gasteiger partial charge < -0.3 is 15.8 Å². The molecule has 0 saturated carbocycles. The van der Waals surface area contributed by atoms with Crippen LogP contribution in [0, 0.1) is 5.41 Å². The molecular weight excluding hydrogens is 200 g/mol. The average Bonchev–Trinajstić information content (AvgIpc) is 2.61. The molecule has 0 amide bonds. The molecule has 0 aromatic heterocycles. The van der Waals surface area contributed by atoms with E-state index in [-0.39, 0.29) is 5.54 Å². The lowest BCUT2D eigenvalue weighted by molar-refractivity contribution is 0.171. The predicted octanol–water partition coefficient (Wildman–Crippen LogP) is 1.91. The monoisotopic (exact) mass is 228 g/mol. The fourth-order valence-electron chi connectivity index (χ4n) is 2.28. The normalized spacial score (nSPS) is 26.2. The Morgan fingerprint density at radius 2 is 2.12 bits per heavy atom. The van der Waals surface area contributed by atoms with Crippen molar-refractivity contribution in [2.45, 2.75) is 52.0 Å². The van der Waals surface area contributed by atoms with Crippen LogP contribution in [0.2, 0.25) is 0 Å². The summed E-state index contributed by atoms with van der Waals surface area (Å²) in [5.74, 6) is 0. The van der Waals surface area contributed by atoms with Crippen LogP contribution >= 0.6 is 0 Å². The highest BCUT2D eigenvalue weighted by Gasteiger charge is 2.28. The Morgan fingerprint density at radius 3 is 2.69 bits per heavy atom. The van der Waals surface area contributed by atoms with Crippen molar-refractivity contribution in [2.24, 2.45) is 11.1 Å². The molecule has 1 aliphatic rings. The van der Waals surface area contributed by atoms with Gasteiger partial charge in [0.05, 0.1) is 6.61 Å². The molecule has 1 saturated heterocycles. The van der Waals surface area contributed by atoms with Gasteiger partial charge in [-0.1, -0.05) is 13.8 Å². The van der Waals surface area contributed by atoms with E-state index in [1.807, 2.05) is 0 Å². The standard InChI is InChI=1S/C13H28N2O/c1-12(2,6-8-14)5-4-9-15-13(3)7-10-16-11-13/h15H,4-11,14H2,1-3H3. The molecule has 1 rings (SSSR count). The lowest BCUT2D eigenvalue weighted by Gasteiger charge is -2.27. The smallest absolute Gasteiger partial charge is 0.0646 e. The van der Waals surface area contributed by atoms with E-state index in [1.54, 1.807) is 0 Å². The van der Waals surface area contributed by atoms with Crippen molar-refractivity contribution >= 4 is 0 Å². The summed E-state index contributed by atoms with van der Waals surface area (Å²) in [5, 5.41) is 3.62. The molecule has 1 aliphatic heterocycles. The quantitative estimate of drug-likeness (QED) is 0.654. The number of nitrogens with two attached hydrogens (primary N) is 1. The molecule has 0 aromatic carbocycles. The molecule has 0 aliphatic carbocycles. The van der Waals surface area contributed by atoms with Gasteiger partial charge in [0.2, 0.25) is 0 Å². The van der Waals surface area contributed by atoms with Crippen molar-refractivity contribution in [3.63, 3.8) is 0 Å². The van der Waals surface area contributed by atoms with E-state index in [0.29, 0.717) is 5.41 Å². The second-order valence-corrected chi connectivity index (χ2v) is 6.10. The highest BCUT2D eigenvalue weighted by Crippen LogP contribution is 2.26. The van der Waals surface area contributed by atoms with Crippen LogP contribution in [-0.2, 0) is 4.74 Å². The maximum absolute atomic E-state index is 5.61. The van der Waals surface area contributed by atoms with Gasteiger partial charge in [0.25, 0.3) is 0 Å². The summed E-state index contributed by atoms with van der Waals surface area (Å²) in [6.45, 7) is 10.5. The predicted molar refractivity (Wildman–Crippen MR) is 68.5 cm³/mol. The van der Waals surface area contributed by atoms with Gasteiger partial charge in [0.15, 0.2) is 0 Å². The highest BCUT2D eigenvalue weighted by molar-refractivity contribution is 4.86. The van der Waals surface area contributed by atoms with Gasteiger partial charge in [-0.05, 0) is 51.1 Å². The van der Waals surface area contributed by atoms with E-state index < -0.39 is 0 Å². The molecule has 3 heteroatoms. The Morgan fingerprint density at radius 1 is 1.38 bits per heavy atom. The Bertz CT molecular complexity index is 198. The van der Waals surface area contributed by atoms with Crippen LogP contribution in [0.4, 0.5) is 0 Å². The summed E-state index contributed by atoms with van der Waals surface area (Å²) < 4.78 is 5.42. The van der Waals surface area contributed by atoms with Crippen LogP contribution in [0.3, 0.4) is 0 Å². The number of nitrogens with one attached hydrogen (secondary N) is 1. The molecule has 1 heterocycles. The summed E-state index contributed by atoms with van der Waals surface area (Å²) in [5.41, 5.74) is 6.22. The van der Waals surface area contributed by atoms with Crippen molar-refractivity contribution in [1.29, 1.82) is 0 Å². The minimum absolute atomic E-state index is 0.220. The molecule has 3 N–H and O–H groups in total. The minimum Gasteiger partial charge on any atom is -0.379 e. The molecule has 0 spiro atoms. The first kappa shape index (κ1) is 13.9. The van der Waals surface area contributed by atoms with Crippen LogP contribution < -0.4 is 11.1 Å². The van der Waals surface area contributed by atoms with E-state index in [1.165, 1.54) is 12.8 Å². The third-order valence-corrected chi connectivity index (χ3v) is 3.62. The Kier molecular flexibility index (Phi) is 5.22. The number of ether oxygens (including phenoxy) is 1. The zero-order valence-corrected chi connectivity index (χ0v) is 11.1. The zero-order valence-electron chi connectivity index (χ0n) is 11.1. The van der Waals surface area contributed by atoms with Crippen LogP contribution in [-0.4, -0.2) is 31.8 Å². The Labute approximate surface area is 100 Å². The summed E-state index contributed by atoms with van der Waals surface area (Å²) in [7, 11) is 0. The first-order chi connectivity index (χ1) is 7.47.